The van der Waals surface area contributed by atoms with Gasteiger partial charge in [0.25, 0.3) is 0 Å². The van der Waals surface area contributed by atoms with Gasteiger partial charge in [0.2, 0.25) is 0 Å². The van der Waals surface area contributed by atoms with E-state index in [9.17, 15) is 9.59 Å². The van der Waals surface area contributed by atoms with Crippen LogP contribution in [0.4, 0.5) is 0 Å². The van der Waals surface area contributed by atoms with Crippen LogP contribution in [0, 0.1) is 12.8 Å². The Balaban J connectivity index is 2.19. The van der Waals surface area contributed by atoms with Gasteiger partial charge in [0.05, 0.1) is 13.2 Å². The Morgan fingerprint density at radius 3 is 2.14 bits per heavy atom. The fourth-order valence-corrected chi connectivity index (χ4v) is 3.51. The van der Waals surface area contributed by atoms with Crippen molar-refractivity contribution in [1.29, 1.82) is 0 Å². The molecule has 0 unspecified atom stereocenters. The summed E-state index contributed by atoms with van der Waals surface area (Å²) in [5, 5.41) is 0.965. The van der Waals surface area contributed by atoms with E-state index < -0.39 is 23.8 Å². The molecule has 0 amide bonds. The number of aryl methyl sites for hydroxylation is 1. The van der Waals surface area contributed by atoms with E-state index in [2.05, 4.69) is 4.98 Å². The molecule has 5 heteroatoms. The molecule has 0 fully saturated rings. The van der Waals surface area contributed by atoms with Crippen LogP contribution in [-0.4, -0.2) is 30.1 Å². The van der Waals surface area contributed by atoms with E-state index in [1.54, 1.807) is 13.8 Å². The molecular formula is C23H25NO4. The Bertz CT molecular complexity index is 940. The quantitative estimate of drug-likeness (QED) is 0.489. The summed E-state index contributed by atoms with van der Waals surface area (Å²) in [6.07, 6.45) is 1.86. The predicted octanol–water partition coefficient (Wildman–Crippen LogP) is 4.35. The van der Waals surface area contributed by atoms with Crippen molar-refractivity contribution in [3.63, 3.8) is 0 Å². The average molecular weight is 379 g/mol. The zero-order chi connectivity index (χ0) is 20.1. The van der Waals surface area contributed by atoms with Gasteiger partial charge in [-0.2, -0.15) is 0 Å². The number of fused-ring (bicyclic) bond motifs is 1. The zero-order valence-electron chi connectivity index (χ0n) is 16.4. The van der Waals surface area contributed by atoms with Crippen LogP contribution in [0.1, 0.15) is 36.5 Å². The van der Waals surface area contributed by atoms with Gasteiger partial charge in [-0.05, 0) is 38.0 Å². The summed E-state index contributed by atoms with van der Waals surface area (Å²) in [5.41, 5.74) is 3.78. The molecule has 3 rings (SSSR count). The lowest BCUT2D eigenvalue weighted by atomic mass is 9.80. The van der Waals surface area contributed by atoms with E-state index in [0.717, 1.165) is 27.6 Å². The molecule has 1 aromatic heterocycles. The summed E-state index contributed by atoms with van der Waals surface area (Å²) in [7, 11) is 0. The van der Waals surface area contributed by atoms with Crippen LogP contribution >= 0.6 is 0 Å². The number of aromatic nitrogens is 1. The van der Waals surface area contributed by atoms with Crippen molar-refractivity contribution in [3.05, 3.63) is 71.4 Å². The van der Waals surface area contributed by atoms with Crippen LogP contribution in [0.25, 0.3) is 10.9 Å². The number of carbonyl (C=O) groups excluding carboxylic acids is 2. The number of hydrogen-bond acceptors (Lipinski definition) is 4. The van der Waals surface area contributed by atoms with Gasteiger partial charge in [-0.1, -0.05) is 48.0 Å². The molecule has 0 saturated carbocycles. The molecule has 1 atom stereocenters. The highest BCUT2D eigenvalue weighted by atomic mass is 16.6. The number of esters is 2. The smallest absolute Gasteiger partial charge is 0.321 e. The second-order valence-electron chi connectivity index (χ2n) is 6.66. The number of hydrogen-bond donors (Lipinski definition) is 1. The first-order chi connectivity index (χ1) is 13.6. The molecule has 0 radical (unpaired) electrons. The van der Waals surface area contributed by atoms with Crippen LogP contribution in [0.2, 0.25) is 0 Å². The second kappa shape index (κ2) is 8.74. The number of nitrogens with one attached hydrogen (secondary N) is 1. The van der Waals surface area contributed by atoms with Crippen LogP contribution in [0.15, 0.2) is 54.7 Å². The van der Waals surface area contributed by atoms with Crippen molar-refractivity contribution >= 4 is 22.8 Å². The maximum atomic E-state index is 12.8. The molecule has 0 saturated heterocycles. The van der Waals surface area contributed by atoms with Gasteiger partial charge in [0.15, 0.2) is 5.92 Å². The monoisotopic (exact) mass is 379 g/mol. The second-order valence-corrected chi connectivity index (χ2v) is 6.66. The molecule has 1 heterocycles. The van der Waals surface area contributed by atoms with Gasteiger partial charge in [-0.25, -0.2) is 0 Å². The molecule has 3 aromatic rings. The first-order valence-corrected chi connectivity index (χ1v) is 9.52. The number of carbonyl (C=O) groups is 2. The third-order valence-electron chi connectivity index (χ3n) is 4.81. The molecule has 0 aliphatic carbocycles. The molecule has 0 bridgehead atoms. The Hall–Kier alpha value is -3.08. The number of rotatable bonds is 7. The van der Waals surface area contributed by atoms with Crippen molar-refractivity contribution in [2.45, 2.75) is 26.7 Å². The van der Waals surface area contributed by atoms with Crippen molar-refractivity contribution in [3.8, 4) is 0 Å². The predicted molar refractivity (Wildman–Crippen MR) is 108 cm³/mol. The minimum atomic E-state index is -1.08. The van der Waals surface area contributed by atoms with Crippen LogP contribution in [-0.2, 0) is 19.1 Å². The Morgan fingerprint density at radius 2 is 1.54 bits per heavy atom. The Kier molecular flexibility index (Phi) is 6.14. The standard InChI is InChI=1S/C23H25NO4/c1-4-27-22(25)21(23(26)28-5-2)20(16-12-10-15(3)11-13-16)18-14-24-19-9-7-6-8-17(18)19/h6-14,20-21,24H,4-5H2,1-3H3/t20-/m1/s1. The Labute approximate surface area is 164 Å². The highest BCUT2D eigenvalue weighted by Crippen LogP contribution is 2.38. The molecule has 0 spiro atoms. The van der Waals surface area contributed by atoms with Gasteiger partial charge in [0, 0.05) is 23.0 Å². The van der Waals surface area contributed by atoms with E-state index in [0.29, 0.717) is 0 Å². The SMILES string of the molecule is CCOC(=O)C(C(=O)OCC)[C@H](c1ccc(C)cc1)c1c[nH]c2ccccc12. The van der Waals surface area contributed by atoms with Gasteiger partial charge >= 0.3 is 11.9 Å². The van der Waals surface area contributed by atoms with E-state index in [1.165, 1.54) is 0 Å². The molecule has 5 nitrogen and oxygen atoms in total. The molecule has 2 aromatic carbocycles. The number of benzene rings is 2. The summed E-state index contributed by atoms with van der Waals surface area (Å²) in [6, 6.07) is 15.7. The lowest BCUT2D eigenvalue weighted by Crippen LogP contribution is -2.34. The topological polar surface area (TPSA) is 68.4 Å². The lowest BCUT2D eigenvalue weighted by molar-refractivity contribution is -0.162. The maximum Gasteiger partial charge on any atom is 0.321 e. The normalized spacial score (nSPS) is 12.1. The number of aromatic amines is 1. The number of H-pyrrole nitrogens is 1. The van der Waals surface area contributed by atoms with E-state index in [-0.39, 0.29) is 13.2 Å². The minimum absolute atomic E-state index is 0.198. The van der Waals surface area contributed by atoms with Crippen molar-refractivity contribution in [1.82, 2.24) is 4.98 Å². The third-order valence-corrected chi connectivity index (χ3v) is 4.81. The first kappa shape index (κ1) is 19.7. The lowest BCUT2D eigenvalue weighted by Gasteiger charge is -2.25. The van der Waals surface area contributed by atoms with Gasteiger partial charge in [0.1, 0.15) is 0 Å². The summed E-state index contributed by atoms with van der Waals surface area (Å²) in [5.74, 6) is -2.75. The van der Waals surface area contributed by atoms with Crippen molar-refractivity contribution < 1.29 is 19.1 Å². The van der Waals surface area contributed by atoms with Crippen LogP contribution in [0.5, 0.6) is 0 Å². The molecule has 28 heavy (non-hydrogen) atoms. The zero-order valence-corrected chi connectivity index (χ0v) is 16.4. The fraction of sp³-hybridized carbons (Fsp3) is 0.304. The fourth-order valence-electron chi connectivity index (χ4n) is 3.51. The largest absolute Gasteiger partial charge is 0.465 e. The van der Waals surface area contributed by atoms with Crippen LogP contribution < -0.4 is 0 Å². The van der Waals surface area contributed by atoms with Crippen LogP contribution in [0.3, 0.4) is 0 Å². The van der Waals surface area contributed by atoms with Gasteiger partial charge in [-0.3, -0.25) is 9.59 Å². The van der Waals surface area contributed by atoms with E-state index in [4.69, 9.17) is 9.47 Å². The Morgan fingerprint density at radius 1 is 0.929 bits per heavy atom. The summed E-state index contributed by atoms with van der Waals surface area (Å²) < 4.78 is 10.5. The van der Waals surface area contributed by atoms with Gasteiger partial charge in [-0.15, -0.1) is 0 Å². The van der Waals surface area contributed by atoms with Crippen molar-refractivity contribution in [2.75, 3.05) is 13.2 Å². The average Bonchev–Trinajstić information content (AvgIpc) is 3.11. The summed E-state index contributed by atoms with van der Waals surface area (Å²) >= 11 is 0. The number of para-hydroxylation sites is 1. The number of ether oxygens (including phenoxy) is 2. The molecule has 0 aliphatic rings. The summed E-state index contributed by atoms with van der Waals surface area (Å²) in [4.78, 5) is 28.9. The molecular weight excluding hydrogens is 354 g/mol. The van der Waals surface area contributed by atoms with Crippen molar-refractivity contribution in [2.24, 2.45) is 5.92 Å². The van der Waals surface area contributed by atoms with E-state index in [1.807, 2.05) is 61.7 Å². The first-order valence-electron chi connectivity index (χ1n) is 9.52. The molecule has 0 aliphatic heterocycles. The molecule has 1 N–H and O–H groups in total. The minimum Gasteiger partial charge on any atom is -0.465 e. The van der Waals surface area contributed by atoms with Gasteiger partial charge < -0.3 is 14.5 Å². The highest BCUT2D eigenvalue weighted by Gasteiger charge is 2.40. The third kappa shape index (κ3) is 3.93. The summed E-state index contributed by atoms with van der Waals surface area (Å²) in [6.45, 7) is 5.85. The van der Waals surface area contributed by atoms with E-state index >= 15 is 0 Å². The maximum absolute atomic E-state index is 12.8. The molecule has 146 valence electrons. The highest BCUT2D eigenvalue weighted by molar-refractivity contribution is 5.98.